The fraction of sp³-hybridized carbons (Fsp3) is 0.412. The Morgan fingerprint density at radius 1 is 1.38 bits per heavy atom. The number of nitrogens with one attached hydrogen (secondary N) is 1. The Morgan fingerprint density at radius 2 is 2.21 bits per heavy atom. The lowest BCUT2D eigenvalue weighted by atomic mass is 10.1. The van der Waals surface area contributed by atoms with E-state index in [9.17, 15) is 9.18 Å². The standard InChI is InChI=1S/C17H20FN3O2S/c18-13-4-6-16(7-5-13)24-12-17(22)20-14-9-19-21(10-14)11-15-3-1-2-8-23-15/h4-7,9-10,15H,1-3,8,11-12H2,(H,20,22)/t15-/m0/s1. The van der Waals surface area contributed by atoms with E-state index in [1.54, 1.807) is 23.0 Å². The Kier molecular flexibility index (Phi) is 5.87. The van der Waals surface area contributed by atoms with Gasteiger partial charge < -0.3 is 10.1 Å². The van der Waals surface area contributed by atoms with Crippen LogP contribution in [0, 0.1) is 5.82 Å². The molecule has 1 aliphatic heterocycles. The normalized spacial score (nSPS) is 17.6. The van der Waals surface area contributed by atoms with Crippen LogP contribution < -0.4 is 5.32 Å². The van der Waals surface area contributed by atoms with Crippen LogP contribution in [0.4, 0.5) is 10.1 Å². The minimum atomic E-state index is -0.279. The molecule has 3 rings (SSSR count). The van der Waals surface area contributed by atoms with Crippen molar-refractivity contribution in [2.24, 2.45) is 0 Å². The summed E-state index contributed by atoms with van der Waals surface area (Å²) in [7, 11) is 0. The largest absolute Gasteiger partial charge is 0.376 e. The van der Waals surface area contributed by atoms with Gasteiger partial charge in [0, 0.05) is 17.7 Å². The van der Waals surface area contributed by atoms with Gasteiger partial charge in [-0.1, -0.05) is 0 Å². The number of amides is 1. The van der Waals surface area contributed by atoms with Crippen LogP contribution in [-0.4, -0.2) is 34.2 Å². The Hall–Kier alpha value is -1.86. The van der Waals surface area contributed by atoms with E-state index < -0.39 is 0 Å². The molecule has 1 atom stereocenters. The summed E-state index contributed by atoms with van der Waals surface area (Å²) < 4.78 is 20.3. The third-order valence-electron chi connectivity index (χ3n) is 3.77. The summed E-state index contributed by atoms with van der Waals surface area (Å²) >= 11 is 1.37. The van der Waals surface area contributed by atoms with Crippen LogP contribution >= 0.6 is 11.8 Å². The summed E-state index contributed by atoms with van der Waals surface area (Å²) in [5, 5.41) is 7.09. The molecule has 0 radical (unpaired) electrons. The third-order valence-corrected chi connectivity index (χ3v) is 4.78. The van der Waals surface area contributed by atoms with Gasteiger partial charge in [0.05, 0.1) is 30.3 Å². The minimum absolute atomic E-state index is 0.113. The highest BCUT2D eigenvalue weighted by atomic mass is 32.2. The van der Waals surface area contributed by atoms with Crippen molar-refractivity contribution >= 4 is 23.4 Å². The quantitative estimate of drug-likeness (QED) is 0.813. The van der Waals surface area contributed by atoms with Crippen LogP contribution in [-0.2, 0) is 16.1 Å². The molecule has 1 N–H and O–H groups in total. The van der Waals surface area contributed by atoms with E-state index in [4.69, 9.17) is 4.74 Å². The second-order valence-electron chi connectivity index (χ2n) is 5.73. The number of benzene rings is 1. The van der Waals surface area contributed by atoms with Crippen molar-refractivity contribution in [2.45, 2.75) is 36.8 Å². The van der Waals surface area contributed by atoms with Gasteiger partial charge >= 0.3 is 0 Å². The van der Waals surface area contributed by atoms with Crippen molar-refractivity contribution < 1.29 is 13.9 Å². The first-order valence-electron chi connectivity index (χ1n) is 8.01. The summed E-state index contributed by atoms with van der Waals surface area (Å²) in [5.41, 5.74) is 0.676. The van der Waals surface area contributed by atoms with Crippen molar-refractivity contribution in [3.63, 3.8) is 0 Å². The van der Waals surface area contributed by atoms with Crippen LogP contribution in [0.1, 0.15) is 19.3 Å². The summed E-state index contributed by atoms with van der Waals surface area (Å²) in [6.45, 7) is 1.52. The highest BCUT2D eigenvalue weighted by Gasteiger charge is 2.15. The maximum atomic E-state index is 12.8. The number of hydrogen-bond donors (Lipinski definition) is 1. The van der Waals surface area contributed by atoms with Crippen molar-refractivity contribution in [2.75, 3.05) is 17.7 Å². The fourth-order valence-electron chi connectivity index (χ4n) is 2.56. The zero-order chi connectivity index (χ0) is 16.8. The van der Waals surface area contributed by atoms with Crippen LogP contribution in [0.15, 0.2) is 41.6 Å². The number of nitrogens with zero attached hydrogens (tertiary/aromatic N) is 2. The molecule has 1 fully saturated rings. The zero-order valence-corrected chi connectivity index (χ0v) is 14.1. The number of aromatic nitrogens is 2. The Labute approximate surface area is 144 Å². The topological polar surface area (TPSA) is 56.2 Å². The van der Waals surface area contributed by atoms with Crippen LogP contribution in [0.3, 0.4) is 0 Å². The number of rotatable bonds is 6. The molecule has 24 heavy (non-hydrogen) atoms. The fourth-order valence-corrected chi connectivity index (χ4v) is 3.26. The molecule has 0 aliphatic carbocycles. The van der Waals surface area contributed by atoms with Crippen molar-refractivity contribution in [1.82, 2.24) is 9.78 Å². The molecule has 7 heteroatoms. The zero-order valence-electron chi connectivity index (χ0n) is 13.3. The van der Waals surface area contributed by atoms with Gasteiger partial charge in [0.25, 0.3) is 0 Å². The van der Waals surface area contributed by atoms with E-state index >= 15 is 0 Å². The van der Waals surface area contributed by atoms with Crippen molar-refractivity contribution in [1.29, 1.82) is 0 Å². The molecule has 1 aromatic carbocycles. The van der Waals surface area contributed by atoms with Gasteiger partial charge in [0.15, 0.2) is 0 Å². The second-order valence-corrected chi connectivity index (χ2v) is 6.78. The molecule has 0 saturated carbocycles. The van der Waals surface area contributed by atoms with Gasteiger partial charge in [-0.15, -0.1) is 11.8 Å². The predicted octanol–water partition coefficient (Wildman–Crippen LogP) is 3.32. The lowest BCUT2D eigenvalue weighted by Crippen LogP contribution is -2.24. The molecule has 0 unspecified atom stereocenters. The highest BCUT2D eigenvalue weighted by Crippen LogP contribution is 2.19. The average Bonchev–Trinajstić information content (AvgIpc) is 3.02. The van der Waals surface area contributed by atoms with E-state index in [-0.39, 0.29) is 23.6 Å². The molecule has 2 heterocycles. The molecule has 1 saturated heterocycles. The Balaban J connectivity index is 1.45. The molecule has 128 valence electrons. The summed E-state index contributed by atoms with van der Waals surface area (Å²) in [6, 6.07) is 6.10. The first-order chi connectivity index (χ1) is 11.7. The lowest BCUT2D eigenvalue weighted by molar-refractivity contribution is -0.113. The van der Waals surface area contributed by atoms with E-state index in [0.29, 0.717) is 12.2 Å². The van der Waals surface area contributed by atoms with Gasteiger partial charge in [-0.25, -0.2) is 4.39 Å². The second kappa shape index (κ2) is 8.30. The Morgan fingerprint density at radius 3 is 2.96 bits per heavy atom. The van der Waals surface area contributed by atoms with Crippen LogP contribution in [0.25, 0.3) is 0 Å². The van der Waals surface area contributed by atoms with Gasteiger partial charge in [-0.2, -0.15) is 5.10 Å². The molecule has 2 aromatic rings. The summed E-state index contributed by atoms with van der Waals surface area (Å²) in [4.78, 5) is 12.8. The number of halogens is 1. The Bertz CT molecular complexity index is 669. The van der Waals surface area contributed by atoms with Crippen molar-refractivity contribution in [3.8, 4) is 0 Å². The first kappa shape index (κ1) is 17.0. The van der Waals surface area contributed by atoms with Gasteiger partial charge in [-0.3, -0.25) is 9.48 Å². The van der Waals surface area contributed by atoms with E-state index in [2.05, 4.69) is 10.4 Å². The molecule has 0 bridgehead atoms. The maximum absolute atomic E-state index is 12.8. The minimum Gasteiger partial charge on any atom is -0.376 e. The first-order valence-corrected chi connectivity index (χ1v) is 9.00. The number of thioether (sulfide) groups is 1. The molecule has 1 amide bonds. The van der Waals surface area contributed by atoms with Gasteiger partial charge in [0.2, 0.25) is 5.91 Å². The summed E-state index contributed by atoms with van der Waals surface area (Å²) in [6.07, 6.45) is 7.03. The molecular formula is C17H20FN3O2S. The van der Waals surface area contributed by atoms with E-state index in [1.807, 2.05) is 6.20 Å². The van der Waals surface area contributed by atoms with Gasteiger partial charge in [0.1, 0.15) is 5.82 Å². The number of carbonyl (C=O) groups excluding carboxylic acids is 1. The van der Waals surface area contributed by atoms with Crippen LogP contribution in [0.5, 0.6) is 0 Å². The monoisotopic (exact) mass is 349 g/mol. The number of anilines is 1. The number of carbonyl (C=O) groups is 1. The highest BCUT2D eigenvalue weighted by molar-refractivity contribution is 8.00. The maximum Gasteiger partial charge on any atom is 0.234 e. The third kappa shape index (κ3) is 5.07. The van der Waals surface area contributed by atoms with E-state index in [1.165, 1.54) is 30.3 Å². The number of ether oxygens (including phenoxy) is 1. The molecular weight excluding hydrogens is 329 g/mol. The molecule has 5 nitrogen and oxygen atoms in total. The predicted molar refractivity (Wildman–Crippen MR) is 91.6 cm³/mol. The van der Waals surface area contributed by atoms with Crippen molar-refractivity contribution in [3.05, 3.63) is 42.5 Å². The molecule has 1 aromatic heterocycles. The SMILES string of the molecule is O=C(CSc1ccc(F)cc1)Nc1cnn(C[C@@H]2CCCCO2)c1. The molecule has 0 spiro atoms. The molecule has 1 aliphatic rings. The lowest BCUT2D eigenvalue weighted by Gasteiger charge is -2.22. The van der Waals surface area contributed by atoms with E-state index in [0.717, 1.165) is 24.3 Å². The van der Waals surface area contributed by atoms with Crippen LogP contribution in [0.2, 0.25) is 0 Å². The average molecular weight is 349 g/mol. The summed E-state index contributed by atoms with van der Waals surface area (Å²) in [5.74, 6) is -0.126. The smallest absolute Gasteiger partial charge is 0.234 e. The van der Waals surface area contributed by atoms with Gasteiger partial charge in [-0.05, 0) is 43.5 Å². The number of hydrogen-bond acceptors (Lipinski definition) is 4.